The highest BCUT2D eigenvalue weighted by Crippen LogP contribution is 2.26. The molecule has 20 heavy (non-hydrogen) atoms. The molecule has 0 N–H and O–H groups in total. The Morgan fingerprint density at radius 3 is 2.60 bits per heavy atom. The Bertz CT molecular complexity index is 720. The van der Waals surface area contributed by atoms with Gasteiger partial charge in [0, 0.05) is 13.1 Å². The first kappa shape index (κ1) is 14.1. The zero-order valence-electron chi connectivity index (χ0n) is 10.9. The van der Waals surface area contributed by atoms with Gasteiger partial charge in [-0.05, 0) is 24.3 Å². The van der Waals surface area contributed by atoms with Crippen molar-refractivity contribution in [1.82, 2.24) is 0 Å². The second kappa shape index (κ2) is 5.38. The fourth-order valence-corrected chi connectivity index (χ4v) is 2.72. The summed E-state index contributed by atoms with van der Waals surface area (Å²) >= 11 is 0. The molecule has 106 valence electrons. The molecule has 0 unspecified atom stereocenters. The van der Waals surface area contributed by atoms with Crippen LogP contribution in [0, 0.1) is 0 Å². The third kappa shape index (κ3) is 2.53. The molecule has 0 bridgehead atoms. The molecule has 0 radical (unpaired) electrons. The van der Waals surface area contributed by atoms with Crippen LogP contribution in [0.25, 0.3) is 0 Å². The molecule has 6 nitrogen and oxygen atoms in total. The number of sulfonamides is 1. The zero-order valence-corrected chi connectivity index (χ0v) is 11.8. The number of aldehydes is 1. The Hall–Kier alpha value is -2.28. The molecule has 0 aliphatic carbocycles. The predicted molar refractivity (Wildman–Crippen MR) is 72.7 cm³/mol. The number of rotatable bonds is 5. The lowest BCUT2D eigenvalue weighted by molar-refractivity contribution is 0.109. The standard InChI is InChI=1S/C13H13NO5S/c1-14(10-4-3-5-11(8-10)18-2)20(16,17)13-7-6-12(9-15)19-13/h3-9H,1-2H3. The second-order valence-electron chi connectivity index (χ2n) is 3.95. The summed E-state index contributed by atoms with van der Waals surface area (Å²) in [4.78, 5) is 10.6. The van der Waals surface area contributed by atoms with Crippen LogP contribution in [0.2, 0.25) is 0 Å². The molecule has 0 aliphatic rings. The summed E-state index contributed by atoms with van der Waals surface area (Å²) in [7, 11) is -0.961. The van der Waals surface area contributed by atoms with E-state index in [0.717, 1.165) is 4.31 Å². The maximum atomic E-state index is 12.3. The fraction of sp³-hybridized carbons (Fsp3) is 0.154. The largest absolute Gasteiger partial charge is 0.497 e. The van der Waals surface area contributed by atoms with Crippen molar-refractivity contribution in [3.8, 4) is 5.75 Å². The first-order valence-electron chi connectivity index (χ1n) is 5.67. The van der Waals surface area contributed by atoms with E-state index < -0.39 is 10.0 Å². The van der Waals surface area contributed by atoms with E-state index in [4.69, 9.17) is 9.15 Å². The highest BCUT2D eigenvalue weighted by atomic mass is 32.2. The Labute approximate surface area is 116 Å². The van der Waals surface area contributed by atoms with Gasteiger partial charge >= 0.3 is 0 Å². The van der Waals surface area contributed by atoms with E-state index in [1.165, 1.54) is 26.3 Å². The van der Waals surface area contributed by atoms with Gasteiger partial charge in [0.15, 0.2) is 12.0 Å². The molecule has 1 heterocycles. The number of hydrogen-bond acceptors (Lipinski definition) is 5. The smallest absolute Gasteiger partial charge is 0.297 e. The van der Waals surface area contributed by atoms with E-state index in [2.05, 4.69) is 0 Å². The van der Waals surface area contributed by atoms with E-state index in [1.54, 1.807) is 24.3 Å². The normalized spacial score (nSPS) is 11.1. The van der Waals surface area contributed by atoms with Crippen molar-refractivity contribution in [1.29, 1.82) is 0 Å². The van der Waals surface area contributed by atoms with Crippen LogP contribution in [-0.2, 0) is 10.0 Å². The molecule has 2 aromatic rings. The molecule has 1 aromatic carbocycles. The Balaban J connectivity index is 2.39. The van der Waals surface area contributed by atoms with Crippen LogP contribution in [-0.4, -0.2) is 28.9 Å². The van der Waals surface area contributed by atoms with Gasteiger partial charge in [0.25, 0.3) is 10.0 Å². The van der Waals surface area contributed by atoms with Crippen LogP contribution in [0.4, 0.5) is 5.69 Å². The van der Waals surface area contributed by atoms with Gasteiger partial charge in [0.05, 0.1) is 12.8 Å². The third-order valence-corrected chi connectivity index (χ3v) is 4.41. The molecule has 0 spiro atoms. The van der Waals surface area contributed by atoms with Crippen LogP contribution in [0.5, 0.6) is 5.75 Å². The summed E-state index contributed by atoms with van der Waals surface area (Å²) in [5, 5.41) is -0.287. The summed E-state index contributed by atoms with van der Waals surface area (Å²) in [5.41, 5.74) is 0.424. The number of benzene rings is 1. The molecule has 1 aromatic heterocycles. The lowest BCUT2D eigenvalue weighted by Crippen LogP contribution is -2.26. The van der Waals surface area contributed by atoms with E-state index in [-0.39, 0.29) is 10.9 Å². The van der Waals surface area contributed by atoms with E-state index >= 15 is 0 Å². The number of furan rings is 1. The minimum absolute atomic E-state index is 0.0392. The van der Waals surface area contributed by atoms with Gasteiger partial charge < -0.3 is 9.15 Å². The van der Waals surface area contributed by atoms with Gasteiger partial charge in [0.1, 0.15) is 5.75 Å². The van der Waals surface area contributed by atoms with Crippen LogP contribution < -0.4 is 9.04 Å². The number of anilines is 1. The molecule has 0 amide bonds. The Morgan fingerprint density at radius 2 is 2.00 bits per heavy atom. The maximum absolute atomic E-state index is 12.3. The van der Waals surface area contributed by atoms with Gasteiger partial charge in [-0.2, -0.15) is 8.42 Å². The molecule has 0 saturated carbocycles. The van der Waals surface area contributed by atoms with Gasteiger partial charge in [-0.3, -0.25) is 9.10 Å². The predicted octanol–water partition coefficient (Wildman–Crippen LogP) is 1.93. The molecular weight excluding hydrogens is 282 g/mol. The van der Waals surface area contributed by atoms with Gasteiger partial charge in [-0.1, -0.05) is 6.07 Å². The van der Waals surface area contributed by atoms with Crippen LogP contribution >= 0.6 is 0 Å². The highest BCUT2D eigenvalue weighted by Gasteiger charge is 2.25. The quantitative estimate of drug-likeness (QED) is 0.788. The molecule has 0 aliphatic heterocycles. The van der Waals surface area contributed by atoms with Crippen molar-refractivity contribution in [3.05, 3.63) is 42.2 Å². The van der Waals surface area contributed by atoms with Crippen molar-refractivity contribution in [3.63, 3.8) is 0 Å². The van der Waals surface area contributed by atoms with Crippen molar-refractivity contribution >= 4 is 22.0 Å². The molecule has 0 atom stereocenters. The van der Waals surface area contributed by atoms with Crippen LogP contribution in [0.15, 0.2) is 45.9 Å². The Morgan fingerprint density at radius 1 is 1.25 bits per heavy atom. The summed E-state index contributed by atoms with van der Waals surface area (Å²) in [6.07, 6.45) is 0.449. The average molecular weight is 295 g/mol. The van der Waals surface area contributed by atoms with Crippen LogP contribution in [0.3, 0.4) is 0 Å². The lowest BCUT2D eigenvalue weighted by atomic mass is 10.3. The van der Waals surface area contributed by atoms with Gasteiger partial charge in [-0.25, -0.2) is 0 Å². The number of ether oxygens (including phenoxy) is 1. The maximum Gasteiger partial charge on any atom is 0.297 e. The summed E-state index contributed by atoms with van der Waals surface area (Å²) in [6, 6.07) is 9.15. The number of hydrogen-bond donors (Lipinski definition) is 0. The first-order chi connectivity index (χ1) is 9.48. The fourth-order valence-electron chi connectivity index (χ4n) is 1.62. The van der Waals surface area contributed by atoms with Crippen molar-refractivity contribution in [2.45, 2.75) is 5.09 Å². The molecule has 0 fully saturated rings. The van der Waals surface area contributed by atoms with Crippen LogP contribution in [0.1, 0.15) is 10.6 Å². The van der Waals surface area contributed by atoms with Crippen molar-refractivity contribution in [2.75, 3.05) is 18.5 Å². The van der Waals surface area contributed by atoms with E-state index in [1.807, 2.05) is 0 Å². The first-order valence-corrected chi connectivity index (χ1v) is 7.11. The molecular formula is C13H13NO5S. The number of methoxy groups -OCH3 is 1. The SMILES string of the molecule is COc1cccc(N(C)S(=O)(=O)c2ccc(C=O)o2)c1. The van der Waals surface area contributed by atoms with Gasteiger partial charge in [0.2, 0.25) is 5.09 Å². The number of carbonyl (C=O) groups is 1. The van der Waals surface area contributed by atoms with Crippen molar-refractivity contribution < 1.29 is 22.4 Å². The summed E-state index contributed by atoms with van der Waals surface area (Å²) in [6.45, 7) is 0. The topological polar surface area (TPSA) is 76.8 Å². The summed E-state index contributed by atoms with van der Waals surface area (Å²) < 4.78 is 35.8. The third-order valence-electron chi connectivity index (χ3n) is 2.75. The average Bonchev–Trinajstić information content (AvgIpc) is 2.96. The van der Waals surface area contributed by atoms with E-state index in [0.29, 0.717) is 17.7 Å². The second-order valence-corrected chi connectivity index (χ2v) is 5.85. The number of nitrogens with zero attached hydrogens (tertiary/aromatic N) is 1. The Kier molecular flexibility index (Phi) is 3.80. The minimum atomic E-state index is -3.85. The van der Waals surface area contributed by atoms with Crippen molar-refractivity contribution in [2.24, 2.45) is 0 Å². The number of carbonyl (C=O) groups excluding carboxylic acids is 1. The van der Waals surface area contributed by atoms with E-state index in [9.17, 15) is 13.2 Å². The monoisotopic (exact) mass is 295 g/mol. The minimum Gasteiger partial charge on any atom is -0.497 e. The zero-order chi connectivity index (χ0) is 14.8. The lowest BCUT2D eigenvalue weighted by Gasteiger charge is -2.18. The van der Waals surface area contributed by atoms with Gasteiger partial charge in [-0.15, -0.1) is 0 Å². The highest BCUT2D eigenvalue weighted by molar-refractivity contribution is 7.92. The summed E-state index contributed by atoms with van der Waals surface area (Å²) in [5.74, 6) is 0.500. The molecule has 2 rings (SSSR count). The molecule has 7 heteroatoms. The molecule has 0 saturated heterocycles.